The predicted octanol–water partition coefficient (Wildman–Crippen LogP) is 6.53. The van der Waals surface area contributed by atoms with Crippen LogP contribution < -0.4 is 24.4 Å². The fourth-order valence-electron chi connectivity index (χ4n) is 6.27. The molecule has 51 heavy (non-hydrogen) atoms. The van der Waals surface area contributed by atoms with Crippen LogP contribution in [0.5, 0.6) is 17.2 Å². The van der Waals surface area contributed by atoms with Gasteiger partial charge in [0.05, 0.1) is 51.5 Å². The molecule has 2 aromatic heterocycles. The zero-order chi connectivity index (χ0) is 36.0. The number of aliphatic imine (C=N–C) groups is 1. The summed E-state index contributed by atoms with van der Waals surface area (Å²) in [7, 11) is 4.85. The van der Waals surface area contributed by atoms with Crippen LogP contribution in [0.3, 0.4) is 0 Å². The first-order valence-electron chi connectivity index (χ1n) is 16.2. The van der Waals surface area contributed by atoms with Crippen LogP contribution in [0, 0.1) is 5.92 Å². The molecule has 2 aliphatic heterocycles. The van der Waals surface area contributed by atoms with Crippen LogP contribution in [-0.2, 0) is 28.1 Å². The Balaban J connectivity index is 1.36. The fraction of sp³-hybridized carbons (Fsp3) is 0.389. The Bertz CT molecular complexity index is 1830. The monoisotopic (exact) mass is 739 g/mol. The molecule has 0 aliphatic carbocycles. The van der Waals surface area contributed by atoms with E-state index in [1.165, 1.54) is 35.4 Å². The predicted molar refractivity (Wildman–Crippen MR) is 192 cm³/mol. The summed E-state index contributed by atoms with van der Waals surface area (Å²) in [5.41, 5.74) is 0.650. The molecule has 1 N–H and O–H groups in total. The number of aromatic nitrogens is 2. The SMILES string of the molecule is COC[C@@]1(C)C[C@H]2CSC(NC(=O)c3ccccc3)=N[C@@]2(c2nc(N(Cc3ccc(OC(F)F)cn3)Cc3ccc(OC)cc3OC)cs2)CO1. The Morgan fingerprint density at radius 3 is 2.59 bits per heavy atom. The van der Waals surface area contributed by atoms with Crippen molar-refractivity contribution in [3.8, 4) is 17.2 Å². The average molecular weight is 740 g/mol. The number of amides is 1. The molecule has 2 aliphatic rings. The molecule has 0 unspecified atom stereocenters. The first-order valence-corrected chi connectivity index (χ1v) is 18.0. The normalized spacial score (nSPS) is 21.4. The Labute approximate surface area is 303 Å². The number of carbonyl (C=O) groups excluding carboxylic acids is 1. The highest BCUT2D eigenvalue weighted by Gasteiger charge is 2.53. The maximum absolute atomic E-state index is 13.2. The Morgan fingerprint density at radius 1 is 1.08 bits per heavy atom. The molecular formula is C36H39F2N5O6S2. The van der Waals surface area contributed by atoms with E-state index in [0.717, 1.165) is 10.6 Å². The number of fused-ring (bicyclic) bond motifs is 1. The fourth-order valence-corrected chi connectivity index (χ4v) is 8.45. The van der Waals surface area contributed by atoms with Crippen LogP contribution in [0.1, 0.15) is 40.0 Å². The number of anilines is 1. The van der Waals surface area contributed by atoms with E-state index in [4.69, 9.17) is 28.9 Å². The van der Waals surface area contributed by atoms with E-state index >= 15 is 0 Å². The number of thiazole rings is 1. The van der Waals surface area contributed by atoms with Crippen molar-refractivity contribution in [1.82, 2.24) is 15.3 Å². The summed E-state index contributed by atoms with van der Waals surface area (Å²) < 4.78 is 53.3. The number of carbonyl (C=O) groups is 1. The molecular weight excluding hydrogens is 701 g/mol. The number of benzene rings is 2. The third kappa shape index (κ3) is 8.43. The van der Waals surface area contributed by atoms with Gasteiger partial charge < -0.3 is 33.9 Å². The summed E-state index contributed by atoms with van der Waals surface area (Å²) in [5.74, 6) is 2.40. The van der Waals surface area contributed by atoms with Crippen LogP contribution >= 0.6 is 23.1 Å². The van der Waals surface area contributed by atoms with Crippen molar-refractivity contribution in [1.29, 1.82) is 0 Å². The van der Waals surface area contributed by atoms with Gasteiger partial charge in [0.1, 0.15) is 33.6 Å². The molecule has 6 rings (SSSR count). The second-order valence-electron chi connectivity index (χ2n) is 12.5. The number of hydrogen-bond acceptors (Lipinski definition) is 12. The molecule has 2 aromatic carbocycles. The van der Waals surface area contributed by atoms with Gasteiger partial charge in [-0.1, -0.05) is 30.0 Å². The largest absolute Gasteiger partial charge is 0.497 e. The molecule has 3 atom stereocenters. The number of rotatable bonds is 13. The van der Waals surface area contributed by atoms with Gasteiger partial charge in [0, 0.05) is 47.9 Å². The maximum atomic E-state index is 13.2. The number of amidine groups is 1. The molecule has 0 saturated carbocycles. The summed E-state index contributed by atoms with van der Waals surface area (Å²) in [6.45, 7) is 0.448. The van der Waals surface area contributed by atoms with Crippen LogP contribution in [0.2, 0.25) is 0 Å². The van der Waals surface area contributed by atoms with E-state index in [1.807, 2.05) is 53.6 Å². The van der Waals surface area contributed by atoms with Crippen molar-refractivity contribution in [2.45, 2.75) is 44.2 Å². The second-order valence-corrected chi connectivity index (χ2v) is 14.3. The van der Waals surface area contributed by atoms with Crippen LogP contribution in [0.4, 0.5) is 14.6 Å². The highest BCUT2D eigenvalue weighted by Crippen LogP contribution is 2.50. The van der Waals surface area contributed by atoms with Gasteiger partial charge in [0.2, 0.25) is 0 Å². The van der Waals surface area contributed by atoms with Crippen molar-refractivity contribution in [2.75, 3.05) is 45.2 Å². The van der Waals surface area contributed by atoms with E-state index < -0.39 is 17.8 Å². The first-order chi connectivity index (χ1) is 24.6. The number of ether oxygens (including phenoxy) is 5. The molecule has 4 aromatic rings. The highest BCUT2D eigenvalue weighted by molar-refractivity contribution is 8.13. The summed E-state index contributed by atoms with van der Waals surface area (Å²) in [5, 5.41) is 6.23. The van der Waals surface area contributed by atoms with E-state index in [2.05, 4.69) is 15.0 Å². The number of pyridine rings is 1. The topological polar surface area (TPSA) is 117 Å². The van der Waals surface area contributed by atoms with Crippen molar-refractivity contribution < 1.29 is 37.3 Å². The molecule has 1 fully saturated rings. The lowest BCUT2D eigenvalue weighted by molar-refractivity contribution is -0.147. The number of alkyl halides is 2. The van der Waals surface area contributed by atoms with Crippen molar-refractivity contribution >= 4 is 40.0 Å². The van der Waals surface area contributed by atoms with Crippen molar-refractivity contribution in [3.63, 3.8) is 0 Å². The molecule has 270 valence electrons. The number of nitrogens with one attached hydrogen (secondary N) is 1. The molecule has 4 heterocycles. The molecule has 0 spiro atoms. The van der Waals surface area contributed by atoms with E-state index in [-0.39, 0.29) is 24.2 Å². The Kier molecular flexibility index (Phi) is 11.4. The average Bonchev–Trinajstić information content (AvgIpc) is 3.64. The van der Waals surface area contributed by atoms with Gasteiger partial charge in [-0.05, 0) is 49.7 Å². The van der Waals surface area contributed by atoms with Gasteiger partial charge >= 0.3 is 6.61 Å². The smallest absolute Gasteiger partial charge is 0.387 e. The van der Waals surface area contributed by atoms with Gasteiger partial charge in [-0.25, -0.2) is 9.98 Å². The lowest BCUT2D eigenvalue weighted by atomic mass is 9.76. The molecule has 1 saturated heterocycles. The van der Waals surface area contributed by atoms with Gasteiger partial charge in [-0.3, -0.25) is 9.78 Å². The lowest BCUT2D eigenvalue weighted by Crippen LogP contribution is -2.55. The van der Waals surface area contributed by atoms with E-state index in [1.54, 1.807) is 39.5 Å². The zero-order valence-electron chi connectivity index (χ0n) is 28.6. The van der Waals surface area contributed by atoms with Gasteiger partial charge in [-0.15, -0.1) is 11.3 Å². The Hall–Kier alpha value is -4.31. The number of methoxy groups -OCH3 is 3. The van der Waals surface area contributed by atoms with Gasteiger partial charge in [-0.2, -0.15) is 8.78 Å². The highest BCUT2D eigenvalue weighted by atomic mass is 32.2. The summed E-state index contributed by atoms with van der Waals surface area (Å²) >= 11 is 2.98. The Morgan fingerprint density at radius 2 is 1.88 bits per heavy atom. The number of halogens is 2. The minimum absolute atomic E-state index is 0.0285. The summed E-state index contributed by atoms with van der Waals surface area (Å²) in [4.78, 5) is 30.0. The summed E-state index contributed by atoms with van der Waals surface area (Å²) in [6.07, 6.45) is 1.95. The van der Waals surface area contributed by atoms with E-state index in [9.17, 15) is 13.6 Å². The third-order valence-corrected chi connectivity index (χ3v) is 10.9. The number of nitrogens with zero attached hydrogens (tertiary/aromatic N) is 4. The van der Waals surface area contributed by atoms with Crippen LogP contribution in [-0.4, -0.2) is 73.6 Å². The van der Waals surface area contributed by atoms with Crippen molar-refractivity contribution in [2.24, 2.45) is 10.9 Å². The van der Waals surface area contributed by atoms with Crippen LogP contribution in [0.25, 0.3) is 0 Å². The number of thioether (sulfide) groups is 1. The standard InChI is InChI=1S/C36H39F2N5O6S2/c1-35(21-45-2)15-25-19-51-34(41-31(44)23-8-6-5-7-9-23)42-36(25,22-48-35)32-40-30(20-50-32)43(17-24-10-12-27(46-3)14-29(24)47-4)18-26-11-13-28(16-39-26)49-33(37)38/h5-14,16,20,25,33H,15,17-19,21-22H2,1-4H3,(H,41,42,44)/t25-,35+,36-/m0/s1. The molecule has 0 radical (unpaired) electrons. The zero-order valence-corrected chi connectivity index (χ0v) is 30.3. The van der Waals surface area contributed by atoms with Crippen LogP contribution in [0.15, 0.2) is 77.2 Å². The first kappa shape index (κ1) is 36.5. The molecule has 15 heteroatoms. The molecule has 11 nitrogen and oxygen atoms in total. The van der Waals surface area contributed by atoms with E-state index in [0.29, 0.717) is 65.6 Å². The number of hydrogen-bond donors (Lipinski definition) is 1. The van der Waals surface area contributed by atoms with Gasteiger partial charge in [0.25, 0.3) is 5.91 Å². The quantitative estimate of drug-likeness (QED) is 0.162. The summed E-state index contributed by atoms with van der Waals surface area (Å²) in [6, 6.07) is 17.7. The maximum Gasteiger partial charge on any atom is 0.387 e. The molecule has 0 bridgehead atoms. The van der Waals surface area contributed by atoms with Gasteiger partial charge in [0.15, 0.2) is 5.17 Å². The molecule has 1 amide bonds. The van der Waals surface area contributed by atoms with Crippen molar-refractivity contribution in [3.05, 3.63) is 94.1 Å². The lowest BCUT2D eigenvalue weighted by Gasteiger charge is -2.49. The minimum Gasteiger partial charge on any atom is -0.497 e. The second kappa shape index (κ2) is 15.9. The minimum atomic E-state index is -2.95. The third-order valence-electron chi connectivity index (χ3n) is 8.84.